The molecule has 3 rings (SSSR count). The average Bonchev–Trinajstić information content (AvgIpc) is 3.06. The number of benzene rings is 2. The molecule has 0 aromatic heterocycles. The molecule has 4 nitrogen and oxygen atoms in total. The van der Waals surface area contributed by atoms with E-state index in [2.05, 4.69) is 0 Å². The Morgan fingerprint density at radius 1 is 1.17 bits per heavy atom. The molecule has 1 fully saturated rings. The lowest BCUT2D eigenvalue weighted by Crippen LogP contribution is -2.28. The number of hydrogen-bond donors (Lipinski definition) is 0. The van der Waals surface area contributed by atoms with Crippen LogP contribution in [0.5, 0.6) is 5.75 Å². The van der Waals surface area contributed by atoms with Crippen molar-refractivity contribution in [2.45, 2.75) is 17.2 Å². The molecule has 0 aliphatic carbocycles. The molecule has 1 heterocycles. The number of ether oxygens (including phenoxy) is 1. The smallest absolute Gasteiger partial charge is 0.243 e. The maximum atomic E-state index is 13.8. The molecule has 0 radical (unpaired) electrons. The van der Waals surface area contributed by atoms with Crippen LogP contribution in [0.4, 0.5) is 4.39 Å². The maximum absolute atomic E-state index is 13.8. The molecule has 1 aliphatic heterocycles. The largest absolute Gasteiger partial charge is 0.494 e. The molecule has 6 heteroatoms. The lowest BCUT2D eigenvalue weighted by molar-refractivity contribution is 0.385. The van der Waals surface area contributed by atoms with Crippen molar-refractivity contribution in [1.29, 1.82) is 0 Å². The van der Waals surface area contributed by atoms with Crippen LogP contribution in [0, 0.1) is 5.82 Å². The van der Waals surface area contributed by atoms with Crippen molar-refractivity contribution in [2.24, 2.45) is 0 Å². The van der Waals surface area contributed by atoms with Gasteiger partial charge in [0.2, 0.25) is 10.0 Å². The molecule has 0 spiro atoms. The van der Waals surface area contributed by atoms with Gasteiger partial charge in [-0.1, -0.05) is 30.3 Å². The van der Waals surface area contributed by atoms with Gasteiger partial charge in [-0.25, -0.2) is 12.8 Å². The van der Waals surface area contributed by atoms with Gasteiger partial charge < -0.3 is 4.74 Å². The number of nitrogens with zero attached hydrogens (tertiary/aromatic N) is 1. The molecule has 1 atom stereocenters. The Bertz CT molecular complexity index is 793. The maximum Gasteiger partial charge on any atom is 0.243 e. The molecule has 1 unspecified atom stereocenters. The van der Waals surface area contributed by atoms with Gasteiger partial charge in [0.15, 0.2) is 11.6 Å². The lowest BCUT2D eigenvalue weighted by atomic mass is 9.99. The van der Waals surface area contributed by atoms with E-state index in [1.54, 1.807) is 0 Å². The summed E-state index contributed by atoms with van der Waals surface area (Å²) in [5.74, 6) is -0.464. The van der Waals surface area contributed by atoms with Crippen LogP contribution in [0.1, 0.15) is 17.9 Å². The molecule has 2 aromatic rings. The van der Waals surface area contributed by atoms with Crippen molar-refractivity contribution in [2.75, 3.05) is 20.2 Å². The minimum Gasteiger partial charge on any atom is -0.494 e. The highest BCUT2D eigenvalue weighted by molar-refractivity contribution is 7.89. The SMILES string of the molecule is COc1ccc(S(=O)(=O)N2CCC(c3ccccc3)C2)cc1F. The van der Waals surface area contributed by atoms with Crippen molar-refractivity contribution in [3.8, 4) is 5.75 Å². The molecule has 23 heavy (non-hydrogen) atoms. The van der Waals surface area contributed by atoms with Gasteiger partial charge >= 0.3 is 0 Å². The molecule has 0 N–H and O–H groups in total. The monoisotopic (exact) mass is 335 g/mol. The Kier molecular flexibility index (Phi) is 4.37. The molecular formula is C17H18FNO3S. The summed E-state index contributed by atoms with van der Waals surface area (Å²) < 4.78 is 45.4. The summed E-state index contributed by atoms with van der Waals surface area (Å²) in [5, 5.41) is 0. The van der Waals surface area contributed by atoms with Gasteiger partial charge in [-0.3, -0.25) is 0 Å². The molecule has 0 saturated carbocycles. The Morgan fingerprint density at radius 2 is 1.91 bits per heavy atom. The third kappa shape index (κ3) is 3.09. The molecule has 1 aliphatic rings. The predicted octanol–water partition coefficient (Wildman–Crippen LogP) is 3.01. The van der Waals surface area contributed by atoms with Crippen LogP contribution in [0.15, 0.2) is 53.4 Å². The second-order valence-corrected chi connectivity index (χ2v) is 7.49. The van der Waals surface area contributed by atoms with E-state index in [1.165, 1.54) is 23.5 Å². The number of methoxy groups -OCH3 is 1. The van der Waals surface area contributed by atoms with Gasteiger partial charge in [-0.2, -0.15) is 4.31 Å². The topological polar surface area (TPSA) is 46.6 Å². The van der Waals surface area contributed by atoms with Gasteiger partial charge in [0.1, 0.15) is 0 Å². The molecule has 0 bridgehead atoms. The standard InChI is InChI=1S/C17H18FNO3S/c1-22-17-8-7-15(11-16(17)18)23(20,21)19-10-9-14(12-19)13-5-3-2-4-6-13/h2-8,11,14H,9-10,12H2,1H3. The average molecular weight is 335 g/mol. The van der Waals surface area contributed by atoms with Crippen LogP contribution in [0.2, 0.25) is 0 Å². The van der Waals surface area contributed by atoms with Gasteiger partial charge in [0.05, 0.1) is 12.0 Å². The van der Waals surface area contributed by atoms with Crippen molar-refractivity contribution in [3.05, 3.63) is 59.9 Å². The van der Waals surface area contributed by atoms with E-state index in [-0.39, 0.29) is 16.6 Å². The molecular weight excluding hydrogens is 317 g/mol. The zero-order chi connectivity index (χ0) is 16.4. The first-order valence-electron chi connectivity index (χ1n) is 7.41. The van der Waals surface area contributed by atoms with Crippen LogP contribution in [0.25, 0.3) is 0 Å². The zero-order valence-electron chi connectivity index (χ0n) is 12.8. The Balaban J connectivity index is 1.82. The number of halogens is 1. The second-order valence-electron chi connectivity index (χ2n) is 5.56. The first-order chi connectivity index (χ1) is 11.0. The normalized spacial score (nSPS) is 19.0. The van der Waals surface area contributed by atoms with E-state index in [9.17, 15) is 12.8 Å². The number of sulfonamides is 1. The first kappa shape index (κ1) is 16.0. The molecule has 2 aromatic carbocycles. The summed E-state index contributed by atoms with van der Waals surface area (Å²) in [6.45, 7) is 0.857. The van der Waals surface area contributed by atoms with Crippen LogP contribution >= 0.6 is 0 Å². The van der Waals surface area contributed by atoms with Crippen LogP contribution in [-0.2, 0) is 10.0 Å². The van der Waals surface area contributed by atoms with Gasteiger partial charge in [0, 0.05) is 13.1 Å². The predicted molar refractivity (Wildman–Crippen MR) is 85.5 cm³/mol. The summed E-state index contributed by atoms with van der Waals surface area (Å²) >= 11 is 0. The van der Waals surface area contributed by atoms with E-state index in [0.29, 0.717) is 13.1 Å². The Labute approximate surface area is 135 Å². The fourth-order valence-electron chi connectivity index (χ4n) is 2.90. The Morgan fingerprint density at radius 3 is 2.57 bits per heavy atom. The highest BCUT2D eigenvalue weighted by Crippen LogP contribution is 2.31. The van der Waals surface area contributed by atoms with Gasteiger partial charge in [-0.15, -0.1) is 0 Å². The highest BCUT2D eigenvalue weighted by Gasteiger charge is 2.33. The van der Waals surface area contributed by atoms with Crippen LogP contribution in [-0.4, -0.2) is 32.9 Å². The van der Waals surface area contributed by atoms with Crippen molar-refractivity contribution in [3.63, 3.8) is 0 Å². The summed E-state index contributed by atoms with van der Waals surface area (Å²) in [5.41, 5.74) is 1.13. The zero-order valence-corrected chi connectivity index (χ0v) is 13.6. The minimum atomic E-state index is -3.69. The fourth-order valence-corrected chi connectivity index (χ4v) is 4.41. The quantitative estimate of drug-likeness (QED) is 0.863. The summed E-state index contributed by atoms with van der Waals surface area (Å²) in [6.07, 6.45) is 0.766. The van der Waals surface area contributed by atoms with Crippen molar-refractivity contribution < 1.29 is 17.5 Å². The first-order valence-corrected chi connectivity index (χ1v) is 8.85. The second kappa shape index (κ2) is 6.29. The fraction of sp³-hybridized carbons (Fsp3) is 0.294. The summed E-state index contributed by atoms with van der Waals surface area (Å²) in [4.78, 5) is -0.0375. The number of rotatable bonds is 4. The Hall–Kier alpha value is -1.92. The summed E-state index contributed by atoms with van der Waals surface area (Å²) in [6, 6.07) is 13.6. The van der Waals surface area contributed by atoms with E-state index >= 15 is 0 Å². The van der Waals surface area contributed by atoms with Crippen molar-refractivity contribution in [1.82, 2.24) is 4.31 Å². The van der Waals surface area contributed by atoms with E-state index < -0.39 is 15.8 Å². The van der Waals surface area contributed by atoms with E-state index in [4.69, 9.17) is 4.74 Å². The van der Waals surface area contributed by atoms with E-state index in [1.807, 2.05) is 30.3 Å². The van der Waals surface area contributed by atoms with Gasteiger partial charge in [-0.05, 0) is 36.1 Å². The molecule has 1 saturated heterocycles. The van der Waals surface area contributed by atoms with E-state index in [0.717, 1.165) is 18.1 Å². The molecule has 122 valence electrons. The lowest BCUT2D eigenvalue weighted by Gasteiger charge is -2.17. The van der Waals surface area contributed by atoms with Crippen LogP contribution < -0.4 is 4.74 Å². The number of hydrogen-bond acceptors (Lipinski definition) is 3. The highest BCUT2D eigenvalue weighted by atomic mass is 32.2. The van der Waals surface area contributed by atoms with Crippen molar-refractivity contribution >= 4 is 10.0 Å². The van der Waals surface area contributed by atoms with Gasteiger partial charge in [0.25, 0.3) is 0 Å². The third-order valence-electron chi connectivity index (χ3n) is 4.18. The van der Waals surface area contributed by atoms with Crippen LogP contribution in [0.3, 0.4) is 0 Å². The summed E-state index contributed by atoms with van der Waals surface area (Å²) in [7, 11) is -2.34. The third-order valence-corrected chi connectivity index (χ3v) is 6.04. The minimum absolute atomic E-state index is 0.0348. The molecule has 0 amide bonds.